The third-order valence-corrected chi connectivity index (χ3v) is 8.84. The molecule has 1 aromatic rings. The smallest absolute Gasteiger partial charge is 0.311 e. The van der Waals surface area contributed by atoms with E-state index < -0.39 is 23.5 Å². The first-order chi connectivity index (χ1) is 19.5. The molecule has 8 heteroatoms. The van der Waals surface area contributed by atoms with E-state index in [1.54, 1.807) is 12.6 Å². The van der Waals surface area contributed by atoms with Crippen molar-refractivity contribution in [1.82, 2.24) is 5.48 Å². The average Bonchev–Trinajstić information content (AvgIpc) is 2.95. The Hall–Kier alpha value is -2.68. The van der Waals surface area contributed by atoms with Crippen molar-refractivity contribution in [3.63, 3.8) is 0 Å². The first-order valence-corrected chi connectivity index (χ1v) is 14.9. The number of methoxy groups -OCH3 is 1. The molecule has 1 aromatic carbocycles. The van der Waals surface area contributed by atoms with Gasteiger partial charge in [0.15, 0.2) is 0 Å². The molecule has 0 fully saturated rings. The van der Waals surface area contributed by atoms with Gasteiger partial charge in [0.05, 0.1) is 37.8 Å². The maximum Gasteiger partial charge on any atom is 0.311 e. The minimum atomic E-state index is -0.699. The van der Waals surface area contributed by atoms with Crippen LogP contribution in [0.3, 0.4) is 0 Å². The van der Waals surface area contributed by atoms with Gasteiger partial charge < -0.3 is 19.3 Å². The summed E-state index contributed by atoms with van der Waals surface area (Å²) in [7, 11) is 1.60. The van der Waals surface area contributed by atoms with Crippen molar-refractivity contribution in [3.8, 4) is 5.75 Å². The highest BCUT2D eigenvalue weighted by Crippen LogP contribution is 2.45. The zero-order valence-electron chi connectivity index (χ0n) is 25.5. The van der Waals surface area contributed by atoms with Crippen LogP contribution >= 0.6 is 0 Å². The number of hydrogen-bond acceptors (Lipinski definition) is 7. The highest BCUT2D eigenvalue weighted by Gasteiger charge is 2.43. The van der Waals surface area contributed by atoms with Gasteiger partial charge in [-0.15, -0.1) is 0 Å². The standard InChI is InChI=1S/C33H49NO7/c1-7-33(4,5)32(37)41-29-17-21(2)16-24-11-8-22(3)28(31(24)29)15-12-25(35)18-27(19-30(36)34-38)40-20-23-9-13-26(39-6)14-10-23/h8-11,13-14,16,21-22,25,27-29,31,35,38H,7,12,15,17-20H2,1-6H3,(H,34,36)/t21-,22-,25+,27+,28-,29-,31-/m0/s1. The molecule has 0 aromatic heterocycles. The first-order valence-electron chi connectivity index (χ1n) is 14.9. The van der Waals surface area contributed by atoms with Crippen molar-refractivity contribution in [2.75, 3.05) is 7.11 Å². The Labute approximate surface area is 245 Å². The topological polar surface area (TPSA) is 114 Å². The summed E-state index contributed by atoms with van der Waals surface area (Å²) >= 11 is 0. The Kier molecular flexibility index (Phi) is 12.0. The van der Waals surface area contributed by atoms with Crippen molar-refractivity contribution in [3.05, 3.63) is 53.6 Å². The molecule has 8 nitrogen and oxygen atoms in total. The summed E-state index contributed by atoms with van der Waals surface area (Å²) in [5.41, 5.74) is 3.26. The van der Waals surface area contributed by atoms with Gasteiger partial charge >= 0.3 is 5.97 Å². The lowest BCUT2D eigenvalue weighted by Crippen LogP contribution is -2.43. The van der Waals surface area contributed by atoms with Gasteiger partial charge in [0, 0.05) is 12.3 Å². The second kappa shape index (κ2) is 15.0. The molecule has 228 valence electrons. The van der Waals surface area contributed by atoms with E-state index in [2.05, 4.69) is 32.1 Å². The SMILES string of the molecule is CCC(C)(C)C(=O)O[C@H]1C[C@@H](C)C=C2C=C[C@H](C)[C@H](CC[C@@H](O)C[C@H](CC(=O)NO)OCc3ccc(OC)cc3)[C@H]21. The van der Waals surface area contributed by atoms with Gasteiger partial charge in [0.25, 0.3) is 0 Å². The Morgan fingerprint density at radius 2 is 1.88 bits per heavy atom. The van der Waals surface area contributed by atoms with Crippen molar-refractivity contribution in [2.45, 2.75) is 98.1 Å². The van der Waals surface area contributed by atoms with Crippen molar-refractivity contribution in [1.29, 1.82) is 0 Å². The molecular weight excluding hydrogens is 522 g/mol. The van der Waals surface area contributed by atoms with Gasteiger partial charge in [-0.25, -0.2) is 5.48 Å². The summed E-state index contributed by atoms with van der Waals surface area (Å²) in [4.78, 5) is 25.0. The number of hydrogen-bond donors (Lipinski definition) is 3. The predicted molar refractivity (Wildman–Crippen MR) is 157 cm³/mol. The molecule has 41 heavy (non-hydrogen) atoms. The van der Waals surface area contributed by atoms with E-state index >= 15 is 0 Å². The average molecular weight is 572 g/mol. The molecule has 0 aliphatic heterocycles. The number of rotatable bonds is 14. The molecule has 0 unspecified atom stereocenters. The number of amides is 1. The summed E-state index contributed by atoms with van der Waals surface area (Å²) in [6.07, 6.45) is 8.18. The molecular formula is C33H49NO7. The summed E-state index contributed by atoms with van der Waals surface area (Å²) in [6, 6.07) is 7.45. The second-order valence-electron chi connectivity index (χ2n) is 12.5. The third-order valence-electron chi connectivity index (χ3n) is 8.84. The summed E-state index contributed by atoms with van der Waals surface area (Å²) in [5.74, 6) is 0.887. The molecule has 3 rings (SSSR count). The lowest BCUT2D eigenvalue weighted by molar-refractivity contribution is -0.164. The molecule has 0 spiro atoms. The van der Waals surface area contributed by atoms with E-state index in [1.165, 1.54) is 5.57 Å². The van der Waals surface area contributed by atoms with Crippen LogP contribution in [-0.4, -0.2) is 47.6 Å². The third kappa shape index (κ3) is 9.15. The number of aliphatic hydroxyl groups is 1. The van der Waals surface area contributed by atoms with E-state index in [-0.39, 0.29) is 49.3 Å². The molecule has 0 saturated carbocycles. The van der Waals surface area contributed by atoms with Crippen molar-refractivity contribution in [2.24, 2.45) is 29.1 Å². The Morgan fingerprint density at radius 1 is 1.17 bits per heavy atom. The van der Waals surface area contributed by atoms with E-state index in [1.807, 2.05) is 45.0 Å². The number of benzene rings is 1. The number of esters is 1. The monoisotopic (exact) mass is 571 g/mol. The van der Waals surface area contributed by atoms with Gasteiger partial charge in [-0.2, -0.15) is 0 Å². The van der Waals surface area contributed by atoms with Crippen LogP contribution in [0, 0.1) is 29.1 Å². The molecule has 2 aliphatic rings. The molecule has 1 amide bonds. The highest BCUT2D eigenvalue weighted by atomic mass is 16.5. The number of allylic oxidation sites excluding steroid dienone is 3. The van der Waals surface area contributed by atoms with Crippen LogP contribution < -0.4 is 10.2 Å². The van der Waals surface area contributed by atoms with E-state index in [9.17, 15) is 14.7 Å². The maximum atomic E-state index is 13.1. The lowest BCUT2D eigenvalue weighted by atomic mass is 9.65. The number of carbonyl (C=O) groups is 2. The van der Waals surface area contributed by atoms with E-state index in [4.69, 9.17) is 19.4 Å². The summed E-state index contributed by atoms with van der Waals surface area (Å²) in [6.45, 7) is 10.5. The zero-order chi connectivity index (χ0) is 30.2. The van der Waals surface area contributed by atoms with E-state index in [0.29, 0.717) is 18.8 Å². The molecule has 2 aliphatic carbocycles. The fraction of sp³-hybridized carbons (Fsp3) is 0.636. The van der Waals surface area contributed by atoms with Crippen LogP contribution in [0.25, 0.3) is 0 Å². The van der Waals surface area contributed by atoms with Crippen LogP contribution in [0.15, 0.2) is 48.1 Å². The van der Waals surface area contributed by atoms with Gasteiger partial charge in [-0.05, 0) is 80.6 Å². The Balaban J connectivity index is 1.66. The zero-order valence-corrected chi connectivity index (χ0v) is 25.5. The summed E-state index contributed by atoms with van der Waals surface area (Å²) in [5, 5.41) is 20.1. The molecule has 3 N–H and O–H groups in total. The minimum Gasteiger partial charge on any atom is -0.497 e. The molecule has 0 radical (unpaired) electrons. The molecule has 0 bridgehead atoms. The number of aliphatic hydroxyl groups excluding tert-OH is 1. The van der Waals surface area contributed by atoms with Crippen LogP contribution in [0.5, 0.6) is 5.75 Å². The number of fused-ring (bicyclic) bond motifs is 1. The number of ether oxygens (including phenoxy) is 3. The molecule has 0 saturated heterocycles. The van der Waals surface area contributed by atoms with Gasteiger partial charge in [0.2, 0.25) is 5.91 Å². The van der Waals surface area contributed by atoms with Gasteiger partial charge in [-0.1, -0.05) is 51.1 Å². The molecule has 0 heterocycles. The van der Waals surface area contributed by atoms with Crippen molar-refractivity contribution >= 4 is 11.9 Å². The Bertz CT molecular complexity index is 1060. The maximum absolute atomic E-state index is 13.1. The van der Waals surface area contributed by atoms with Gasteiger partial charge in [0.1, 0.15) is 11.9 Å². The fourth-order valence-corrected chi connectivity index (χ4v) is 5.87. The normalized spacial score (nSPS) is 25.5. The van der Waals surface area contributed by atoms with Crippen LogP contribution in [0.2, 0.25) is 0 Å². The lowest BCUT2D eigenvalue weighted by Gasteiger charge is -2.44. The predicted octanol–water partition coefficient (Wildman–Crippen LogP) is 5.76. The first kappa shape index (κ1) is 32.8. The van der Waals surface area contributed by atoms with Crippen LogP contribution in [-0.2, 0) is 25.7 Å². The van der Waals surface area contributed by atoms with Crippen LogP contribution in [0.4, 0.5) is 0 Å². The van der Waals surface area contributed by atoms with Crippen molar-refractivity contribution < 1.29 is 34.1 Å². The molecule has 7 atom stereocenters. The quantitative estimate of drug-likeness (QED) is 0.148. The largest absolute Gasteiger partial charge is 0.497 e. The number of nitrogens with one attached hydrogen (secondary N) is 1. The second-order valence-corrected chi connectivity index (χ2v) is 12.5. The van der Waals surface area contributed by atoms with Gasteiger partial charge in [-0.3, -0.25) is 14.8 Å². The number of carbonyl (C=O) groups excluding carboxylic acids is 2. The minimum absolute atomic E-state index is 0.0646. The Morgan fingerprint density at radius 3 is 2.51 bits per heavy atom. The number of hydroxylamine groups is 1. The fourth-order valence-electron chi connectivity index (χ4n) is 5.87. The summed E-state index contributed by atoms with van der Waals surface area (Å²) < 4.78 is 17.4. The highest BCUT2D eigenvalue weighted by molar-refractivity contribution is 5.76. The van der Waals surface area contributed by atoms with Crippen LogP contribution in [0.1, 0.15) is 78.7 Å². The van der Waals surface area contributed by atoms with E-state index in [0.717, 1.165) is 24.2 Å².